The lowest BCUT2D eigenvalue weighted by Gasteiger charge is -2.09. The summed E-state index contributed by atoms with van der Waals surface area (Å²) in [5, 5.41) is 6.41. The lowest BCUT2D eigenvalue weighted by molar-refractivity contribution is -0.147. The summed E-state index contributed by atoms with van der Waals surface area (Å²) in [5.74, 6) is -2.27. The molecule has 0 bridgehead atoms. The van der Waals surface area contributed by atoms with Gasteiger partial charge in [0.15, 0.2) is 5.76 Å². The second kappa shape index (κ2) is 6.76. The number of aromatic nitrogens is 2. The monoisotopic (exact) mass is 342 g/mol. The highest BCUT2D eigenvalue weighted by atomic mass is 16.5. The van der Waals surface area contributed by atoms with E-state index in [0.717, 1.165) is 10.9 Å². The number of ether oxygens (including phenoxy) is 2. The van der Waals surface area contributed by atoms with Crippen LogP contribution in [0.5, 0.6) is 0 Å². The largest absolute Gasteiger partial charge is 0.465 e. The standard InChI is InChI=1S/C17H18N4O4/c1-4-24-17(23)13-14(22)12(25-16(13)20-21(2)3)8-10-9-19-15-11(10)6-5-7-18-15/h5-9,13H,4H2,1-3H3,(H,18,19)/b12-8-,20-16-. The Balaban J connectivity index is 2.00. The fraction of sp³-hybridized carbons (Fsp3) is 0.294. The maximum Gasteiger partial charge on any atom is 0.326 e. The Labute approximate surface area is 144 Å². The van der Waals surface area contributed by atoms with E-state index in [1.165, 1.54) is 5.01 Å². The minimum absolute atomic E-state index is 0.0117. The van der Waals surface area contributed by atoms with Gasteiger partial charge in [-0.15, -0.1) is 5.10 Å². The Morgan fingerprint density at radius 3 is 3.04 bits per heavy atom. The van der Waals surface area contributed by atoms with Crippen LogP contribution in [-0.2, 0) is 19.1 Å². The molecule has 8 nitrogen and oxygen atoms in total. The number of carbonyl (C=O) groups is 2. The van der Waals surface area contributed by atoms with E-state index in [9.17, 15) is 9.59 Å². The van der Waals surface area contributed by atoms with E-state index in [1.807, 2.05) is 6.07 Å². The smallest absolute Gasteiger partial charge is 0.326 e. The quantitative estimate of drug-likeness (QED) is 0.392. The molecule has 1 saturated heterocycles. The summed E-state index contributed by atoms with van der Waals surface area (Å²) in [6.07, 6.45) is 4.97. The van der Waals surface area contributed by atoms with Crippen molar-refractivity contribution < 1.29 is 19.1 Å². The van der Waals surface area contributed by atoms with Crippen LogP contribution in [0, 0.1) is 5.92 Å². The minimum Gasteiger partial charge on any atom is -0.465 e. The zero-order chi connectivity index (χ0) is 18.0. The molecular weight excluding hydrogens is 324 g/mol. The average Bonchev–Trinajstić information content (AvgIpc) is 3.10. The normalized spacial score (nSPS) is 20.3. The number of carbonyl (C=O) groups excluding carboxylic acids is 2. The van der Waals surface area contributed by atoms with Crippen molar-refractivity contribution in [1.82, 2.24) is 15.0 Å². The molecule has 0 amide bonds. The van der Waals surface area contributed by atoms with Crippen LogP contribution in [0.15, 0.2) is 35.4 Å². The SMILES string of the molecule is CCOC(=O)C1C(=O)/C(=C/c2c[nH]c3ncccc23)O/C1=N\N(C)C. The molecule has 1 aliphatic heterocycles. The predicted molar refractivity (Wildman–Crippen MR) is 91.4 cm³/mol. The summed E-state index contributed by atoms with van der Waals surface area (Å²) in [6, 6.07) is 3.68. The molecule has 2 aromatic rings. The Morgan fingerprint density at radius 1 is 1.52 bits per heavy atom. The van der Waals surface area contributed by atoms with E-state index < -0.39 is 17.7 Å². The van der Waals surface area contributed by atoms with Gasteiger partial charge in [0, 0.05) is 37.4 Å². The van der Waals surface area contributed by atoms with Crippen LogP contribution >= 0.6 is 0 Å². The van der Waals surface area contributed by atoms with Gasteiger partial charge >= 0.3 is 5.97 Å². The van der Waals surface area contributed by atoms with Crippen molar-refractivity contribution in [3.05, 3.63) is 35.8 Å². The third kappa shape index (κ3) is 3.23. The fourth-order valence-electron chi connectivity index (χ4n) is 2.52. The van der Waals surface area contributed by atoms with Crippen LogP contribution in [0.4, 0.5) is 0 Å². The zero-order valence-electron chi connectivity index (χ0n) is 14.1. The van der Waals surface area contributed by atoms with Gasteiger partial charge in [-0.2, -0.15) is 0 Å². The molecule has 1 N–H and O–H groups in total. The molecule has 0 aromatic carbocycles. The molecule has 1 aliphatic rings. The summed E-state index contributed by atoms with van der Waals surface area (Å²) in [5.41, 5.74) is 1.43. The second-order valence-corrected chi connectivity index (χ2v) is 5.59. The minimum atomic E-state index is -1.18. The molecule has 1 atom stereocenters. The lowest BCUT2D eigenvalue weighted by atomic mass is 10.0. The Kier molecular flexibility index (Phi) is 4.51. The van der Waals surface area contributed by atoms with Crippen LogP contribution in [0.2, 0.25) is 0 Å². The predicted octanol–water partition coefficient (Wildman–Crippen LogP) is 1.56. The van der Waals surface area contributed by atoms with Gasteiger partial charge < -0.3 is 14.5 Å². The number of aromatic amines is 1. The van der Waals surface area contributed by atoms with E-state index in [1.54, 1.807) is 45.6 Å². The van der Waals surface area contributed by atoms with Crippen molar-refractivity contribution >= 4 is 34.8 Å². The molecule has 1 fully saturated rings. The van der Waals surface area contributed by atoms with Gasteiger partial charge in [0.05, 0.1) is 6.61 Å². The number of nitrogens with one attached hydrogen (secondary N) is 1. The molecule has 130 valence electrons. The van der Waals surface area contributed by atoms with E-state index in [2.05, 4.69) is 15.1 Å². The number of H-pyrrole nitrogens is 1. The van der Waals surface area contributed by atoms with Crippen molar-refractivity contribution in [2.45, 2.75) is 6.92 Å². The molecular formula is C17H18N4O4. The summed E-state index contributed by atoms with van der Waals surface area (Å²) in [4.78, 5) is 32.0. The summed E-state index contributed by atoms with van der Waals surface area (Å²) in [7, 11) is 3.35. The second-order valence-electron chi connectivity index (χ2n) is 5.59. The third-order valence-corrected chi connectivity index (χ3v) is 3.56. The molecule has 0 spiro atoms. The van der Waals surface area contributed by atoms with Gasteiger partial charge in [-0.3, -0.25) is 14.6 Å². The first kappa shape index (κ1) is 16.7. The first-order valence-electron chi connectivity index (χ1n) is 7.79. The topological polar surface area (TPSA) is 96.9 Å². The van der Waals surface area contributed by atoms with E-state index in [4.69, 9.17) is 9.47 Å². The summed E-state index contributed by atoms with van der Waals surface area (Å²) in [6.45, 7) is 1.85. The summed E-state index contributed by atoms with van der Waals surface area (Å²) >= 11 is 0. The number of esters is 1. The van der Waals surface area contributed by atoms with Crippen LogP contribution in [0.1, 0.15) is 12.5 Å². The maximum atomic E-state index is 12.7. The van der Waals surface area contributed by atoms with Gasteiger partial charge in [0.1, 0.15) is 5.65 Å². The van der Waals surface area contributed by atoms with Gasteiger partial charge in [-0.05, 0) is 25.1 Å². The highest BCUT2D eigenvalue weighted by Crippen LogP contribution is 2.27. The highest BCUT2D eigenvalue weighted by Gasteiger charge is 2.45. The first-order chi connectivity index (χ1) is 12.0. The number of hydrogen-bond donors (Lipinski definition) is 1. The number of rotatable bonds is 4. The van der Waals surface area contributed by atoms with Crippen LogP contribution in [0.25, 0.3) is 17.1 Å². The van der Waals surface area contributed by atoms with Crippen molar-refractivity contribution in [1.29, 1.82) is 0 Å². The number of Topliss-reactive ketones (excluding diaryl/α,β-unsaturated/α-hetero) is 1. The van der Waals surface area contributed by atoms with Gasteiger partial charge in [-0.25, -0.2) is 4.98 Å². The number of nitrogens with zero attached hydrogens (tertiary/aromatic N) is 3. The number of ketones is 1. The number of hydrogen-bond acceptors (Lipinski definition) is 7. The Morgan fingerprint density at radius 2 is 2.32 bits per heavy atom. The van der Waals surface area contributed by atoms with Crippen molar-refractivity contribution in [2.75, 3.05) is 20.7 Å². The molecule has 3 heterocycles. The first-order valence-corrected chi connectivity index (χ1v) is 7.79. The van der Waals surface area contributed by atoms with E-state index >= 15 is 0 Å². The van der Waals surface area contributed by atoms with Gasteiger partial charge in [-0.1, -0.05) is 0 Å². The van der Waals surface area contributed by atoms with Crippen LogP contribution in [-0.4, -0.2) is 53.3 Å². The number of pyridine rings is 1. The number of allylic oxidation sites excluding steroid dienone is 1. The van der Waals surface area contributed by atoms with Gasteiger partial charge in [0.2, 0.25) is 17.6 Å². The van der Waals surface area contributed by atoms with Gasteiger partial charge in [0.25, 0.3) is 0 Å². The highest BCUT2D eigenvalue weighted by molar-refractivity contribution is 6.27. The molecule has 2 aromatic heterocycles. The van der Waals surface area contributed by atoms with Crippen molar-refractivity contribution in [3.63, 3.8) is 0 Å². The van der Waals surface area contributed by atoms with Crippen LogP contribution < -0.4 is 0 Å². The molecule has 0 aliphatic carbocycles. The van der Waals surface area contributed by atoms with Crippen molar-refractivity contribution in [2.24, 2.45) is 11.0 Å². The fourth-order valence-corrected chi connectivity index (χ4v) is 2.52. The average molecular weight is 342 g/mol. The molecule has 8 heteroatoms. The molecule has 0 radical (unpaired) electrons. The molecule has 1 unspecified atom stereocenters. The molecule has 0 saturated carbocycles. The molecule has 3 rings (SSSR count). The van der Waals surface area contributed by atoms with Crippen LogP contribution in [0.3, 0.4) is 0 Å². The Bertz CT molecular complexity index is 882. The maximum absolute atomic E-state index is 12.7. The van der Waals surface area contributed by atoms with E-state index in [0.29, 0.717) is 5.65 Å². The third-order valence-electron chi connectivity index (χ3n) is 3.56. The molecule has 25 heavy (non-hydrogen) atoms. The number of hydrazone groups is 1. The van der Waals surface area contributed by atoms with Crippen molar-refractivity contribution in [3.8, 4) is 0 Å². The number of fused-ring (bicyclic) bond motifs is 1. The Hall–Kier alpha value is -3.16. The van der Waals surface area contributed by atoms with E-state index in [-0.39, 0.29) is 18.3 Å². The summed E-state index contributed by atoms with van der Waals surface area (Å²) < 4.78 is 10.6. The zero-order valence-corrected chi connectivity index (χ0v) is 14.1. The lowest BCUT2D eigenvalue weighted by Crippen LogP contribution is -2.29.